The third-order valence-electron chi connectivity index (χ3n) is 1.26. The number of hydrogen-bond acceptors (Lipinski definition) is 2. The van der Waals surface area contributed by atoms with Crippen molar-refractivity contribution in [3.05, 3.63) is 18.0 Å². The maximum atomic E-state index is 5.02. The first-order valence-electron chi connectivity index (χ1n) is 3.54. The second kappa shape index (κ2) is 3.48. The molecule has 0 aliphatic carbocycles. The molecule has 0 saturated carbocycles. The van der Waals surface area contributed by atoms with Crippen LogP contribution in [0.2, 0.25) is 0 Å². The second-order valence-electron chi connectivity index (χ2n) is 2.24. The number of aryl methyl sites for hydroxylation is 1. The lowest BCUT2D eigenvalue weighted by Crippen LogP contribution is -2.28. The third-order valence-corrected chi connectivity index (χ3v) is 1.59. The van der Waals surface area contributed by atoms with Crippen molar-refractivity contribution in [3.8, 4) is 0 Å². The molecule has 1 N–H and O–H groups in total. The van der Waals surface area contributed by atoms with Gasteiger partial charge >= 0.3 is 0 Å². The molecule has 0 unspecified atom stereocenters. The predicted molar refractivity (Wildman–Crippen MR) is 48.6 cm³/mol. The molecule has 0 radical (unpaired) electrons. The van der Waals surface area contributed by atoms with Crippen LogP contribution in [0.15, 0.2) is 12.3 Å². The molecule has 11 heavy (non-hydrogen) atoms. The molecule has 0 aliphatic rings. The molecular formula is C7H11N3S. The molecule has 60 valence electrons. The zero-order valence-corrected chi connectivity index (χ0v) is 7.48. The van der Waals surface area contributed by atoms with E-state index < -0.39 is 0 Å². The third kappa shape index (κ3) is 2.01. The molecule has 0 spiro atoms. The summed E-state index contributed by atoms with van der Waals surface area (Å²) in [6.45, 7) is 4.77. The van der Waals surface area contributed by atoms with Crippen LogP contribution in [0.25, 0.3) is 0 Å². The minimum Gasteiger partial charge on any atom is -0.361 e. The molecule has 0 aliphatic heterocycles. The van der Waals surface area contributed by atoms with Crippen LogP contribution in [0.5, 0.6) is 0 Å². The number of nitrogens with zero attached hydrogens (tertiary/aromatic N) is 2. The van der Waals surface area contributed by atoms with Gasteiger partial charge < -0.3 is 5.32 Å². The molecule has 3 nitrogen and oxygen atoms in total. The van der Waals surface area contributed by atoms with E-state index in [2.05, 4.69) is 10.4 Å². The van der Waals surface area contributed by atoms with Gasteiger partial charge in [0.2, 0.25) is 0 Å². The molecule has 1 aromatic rings. The van der Waals surface area contributed by atoms with Gasteiger partial charge in [-0.25, -0.2) is 4.68 Å². The normalized spacial score (nSPS) is 9.64. The highest BCUT2D eigenvalue weighted by Crippen LogP contribution is 1.91. The molecule has 0 bridgehead atoms. The summed E-state index contributed by atoms with van der Waals surface area (Å²) in [6.07, 6.45) is 1.85. The Morgan fingerprint density at radius 2 is 2.55 bits per heavy atom. The minimum absolute atomic E-state index is 0.653. The molecule has 0 atom stereocenters. The van der Waals surface area contributed by atoms with Gasteiger partial charge in [-0.05, 0) is 32.1 Å². The maximum absolute atomic E-state index is 5.02. The van der Waals surface area contributed by atoms with Crippen LogP contribution in [-0.2, 0) is 0 Å². The zero-order valence-electron chi connectivity index (χ0n) is 6.66. The first-order valence-corrected chi connectivity index (χ1v) is 3.95. The lowest BCUT2D eigenvalue weighted by atomic mass is 10.5. The predicted octanol–water partition coefficient (Wildman–Crippen LogP) is 0.934. The number of rotatable bonds is 1. The lowest BCUT2D eigenvalue weighted by Gasteiger charge is -2.03. The van der Waals surface area contributed by atoms with E-state index in [1.54, 1.807) is 4.68 Å². The van der Waals surface area contributed by atoms with Crippen LogP contribution in [-0.4, -0.2) is 21.4 Å². The Morgan fingerprint density at radius 1 is 1.82 bits per heavy atom. The summed E-state index contributed by atoms with van der Waals surface area (Å²) in [5.74, 6) is 0. The van der Waals surface area contributed by atoms with Gasteiger partial charge in [-0.2, -0.15) is 5.10 Å². The molecule has 1 rings (SSSR count). The highest BCUT2D eigenvalue weighted by molar-refractivity contribution is 7.80. The fourth-order valence-electron chi connectivity index (χ4n) is 0.760. The smallest absolute Gasteiger partial charge is 0.193 e. The number of hydrogen-bond donors (Lipinski definition) is 1. The SMILES string of the molecule is CCNC(=S)n1ccc(C)n1. The molecule has 4 heteroatoms. The molecule has 0 aromatic carbocycles. The summed E-state index contributed by atoms with van der Waals surface area (Å²) in [4.78, 5) is 0. The van der Waals surface area contributed by atoms with Gasteiger partial charge in [0.15, 0.2) is 5.11 Å². The summed E-state index contributed by atoms with van der Waals surface area (Å²) < 4.78 is 1.66. The van der Waals surface area contributed by atoms with Gasteiger partial charge in [0.05, 0.1) is 5.69 Å². The average Bonchev–Trinajstić information content (AvgIpc) is 2.36. The van der Waals surface area contributed by atoms with Crippen LogP contribution in [0.1, 0.15) is 12.6 Å². The Kier molecular flexibility index (Phi) is 2.59. The van der Waals surface area contributed by atoms with Gasteiger partial charge in [-0.15, -0.1) is 0 Å². The second-order valence-corrected chi connectivity index (χ2v) is 2.62. The van der Waals surface area contributed by atoms with E-state index in [-0.39, 0.29) is 0 Å². The largest absolute Gasteiger partial charge is 0.361 e. The summed E-state index contributed by atoms with van der Waals surface area (Å²) >= 11 is 5.02. The molecule has 0 saturated heterocycles. The Balaban J connectivity index is 2.69. The van der Waals surface area contributed by atoms with E-state index in [0.717, 1.165) is 12.2 Å². The van der Waals surface area contributed by atoms with Crippen LogP contribution < -0.4 is 5.32 Å². The molecular weight excluding hydrogens is 158 g/mol. The number of nitrogens with one attached hydrogen (secondary N) is 1. The van der Waals surface area contributed by atoms with Gasteiger partial charge in [0.1, 0.15) is 0 Å². The van der Waals surface area contributed by atoms with Crippen molar-refractivity contribution in [2.75, 3.05) is 6.54 Å². The van der Waals surface area contributed by atoms with Crippen molar-refractivity contribution in [1.82, 2.24) is 15.1 Å². The first kappa shape index (κ1) is 8.20. The van der Waals surface area contributed by atoms with Crippen LogP contribution >= 0.6 is 12.2 Å². The fraction of sp³-hybridized carbons (Fsp3) is 0.429. The van der Waals surface area contributed by atoms with E-state index in [4.69, 9.17) is 12.2 Å². The summed E-state index contributed by atoms with van der Waals surface area (Å²) in [6, 6.07) is 1.92. The topological polar surface area (TPSA) is 29.9 Å². The van der Waals surface area contributed by atoms with Crippen LogP contribution in [0.3, 0.4) is 0 Å². The van der Waals surface area contributed by atoms with Gasteiger partial charge in [0, 0.05) is 12.7 Å². The summed E-state index contributed by atoms with van der Waals surface area (Å²) in [5.41, 5.74) is 0.977. The van der Waals surface area contributed by atoms with E-state index in [9.17, 15) is 0 Å². The standard InChI is InChI=1S/C7H11N3S/c1-3-8-7(11)10-5-4-6(2)9-10/h4-5H,3H2,1-2H3,(H,8,11). The molecule has 1 aromatic heterocycles. The van der Waals surface area contributed by atoms with Gasteiger partial charge in [0.25, 0.3) is 0 Å². The Labute approximate surface area is 71.4 Å². The van der Waals surface area contributed by atoms with Crippen molar-refractivity contribution in [1.29, 1.82) is 0 Å². The highest BCUT2D eigenvalue weighted by Gasteiger charge is 1.97. The van der Waals surface area contributed by atoms with Crippen molar-refractivity contribution in [2.45, 2.75) is 13.8 Å². The Bertz CT molecular complexity index is 254. The summed E-state index contributed by atoms with van der Waals surface area (Å²) in [7, 11) is 0. The molecule has 1 heterocycles. The maximum Gasteiger partial charge on any atom is 0.193 e. The Morgan fingerprint density at radius 3 is 3.00 bits per heavy atom. The van der Waals surface area contributed by atoms with Gasteiger partial charge in [-0.1, -0.05) is 0 Å². The number of thiocarbonyl (C=S) groups is 1. The fourth-order valence-corrected chi connectivity index (χ4v) is 1.01. The van der Waals surface area contributed by atoms with E-state index in [1.165, 1.54) is 0 Å². The minimum atomic E-state index is 0.653. The van der Waals surface area contributed by atoms with Crippen molar-refractivity contribution in [2.24, 2.45) is 0 Å². The Hall–Kier alpha value is -0.900. The van der Waals surface area contributed by atoms with Crippen LogP contribution in [0, 0.1) is 6.92 Å². The van der Waals surface area contributed by atoms with E-state index >= 15 is 0 Å². The first-order chi connectivity index (χ1) is 5.24. The van der Waals surface area contributed by atoms with Crippen molar-refractivity contribution >= 4 is 17.3 Å². The molecule has 0 amide bonds. The van der Waals surface area contributed by atoms with E-state index in [0.29, 0.717) is 5.11 Å². The quantitative estimate of drug-likeness (QED) is 0.634. The van der Waals surface area contributed by atoms with Gasteiger partial charge in [-0.3, -0.25) is 0 Å². The zero-order chi connectivity index (χ0) is 8.27. The monoisotopic (exact) mass is 169 g/mol. The molecule has 0 fully saturated rings. The lowest BCUT2D eigenvalue weighted by molar-refractivity contribution is 0.849. The summed E-state index contributed by atoms with van der Waals surface area (Å²) in [5, 5.41) is 7.80. The average molecular weight is 169 g/mol. The highest BCUT2D eigenvalue weighted by atomic mass is 32.1. The van der Waals surface area contributed by atoms with Crippen molar-refractivity contribution < 1.29 is 0 Å². The van der Waals surface area contributed by atoms with E-state index in [1.807, 2.05) is 26.1 Å². The number of aromatic nitrogens is 2. The van der Waals surface area contributed by atoms with Crippen LogP contribution in [0.4, 0.5) is 0 Å². The van der Waals surface area contributed by atoms with Crippen molar-refractivity contribution in [3.63, 3.8) is 0 Å².